The lowest BCUT2D eigenvalue weighted by Crippen LogP contribution is -2.22. The number of anilines is 1. The summed E-state index contributed by atoms with van der Waals surface area (Å²) in [6.07, 6.45) is 6.59. The Morgan fingerprint density at radius 1 is 1.14 bits per heavy atom. The lowest BCUT2D eigenvalue weighted by Gasteiger charge is -2.22. The van der Waals surface area contributed by atoms with Gasteiger partial charge in [0.25, 0.3) is 0 Å². The number of carbonyl (C=O) groups is 1. The monoisotopic (exact) mass is 585 g/mol. The van der Waals surface area contributed by atoms with E-state index in [2.05, 4.69) is 10.4 Å². The molecule has 3 aromatic heterocycles. The molecule has 6 rings (SSSR count). The van der Waals surface area contributed by atoms with Gasteiger partial charge in [0.1, 0.15) is 19.5 Å². The molecule has 9 nitrogen and oxygen atoms in total. The highest BCUT2D eigenvalue weighted by Gasteiger charge is 2.25. The minimum atomic E-state index is -2.68. The minimum absolute atomic E-state index is 0.132. The number of aromatic nitrogens is 4. The third-order valence-electron chi connectivity index (χ3n) is 7.59. The van der Waals surface area contributed by atoms with Crippen LogP contribution in [0.25, 0.3) is 27.7 Å². The van der Waals surface area contributed by atoms with Crippen molar-refractivity contribution in [1.29, 1.82) is 0 Å². The summed E-state index contributed by atoms with van der Waals surface area (Å²) in [5.41, 5.74) is 4.91. The lowest BCUT2D eigenvalue weighted by atomic mass is 10.0. The smallest absolute Gasteiger partial charge is 0.226 e. The predicted octanol–water partition coefficient (Wildman–Crippen LogP) is 6.47. The van der Waals surface area contributed by atoms with Gasteiger partial charge >= 0.3 is 0 Å². The Kier molecular flexibility index (Phi) is 7.64. The summed E-state index contributed by atoms with van der Waals surface area (Å²) < 4.78 is 29.2. The van der Waals surface area contributed by atoms with Crippen LogP contribution >= 0.6 is 7.14 Å². The van der Waals surface area contributed by atoms with Crippen molar-refractivity contribution < 1.29 is 18.8 Å². The molecule has 42 heavy (non-hydrogen) atoms. The number of hydrogen-bond acceptors (Lipinski definition) is 6. The molecule has 1 atom stereocenters. The highest BCUT2D eigenvalue weighted by molar-refractivity contribution is 7.70. The molecule has 1 aliphatic heterocycles. The van der Waals surface area contributed by atoms with Crippen molar-refractivity contribution in [1.82, 2.24) is 19.4 Å². The van der Waals surface area contributed by atoms with Gasteiger partial charge in [-0.05, 0) is 61.9 Å². The van der Waals surface area contributed by atoms with E-state index in [-0.39, 0.29) is 18.1 Å². The number of rotatable bonds is 8. The summed E-state index contributed by atoms with van der Waals surface area (Å²) in [5.74, 6) is 0.291. The maximum Gasteiger partial charge on any atom is 0.226 e. The first-order valence-corrected chi connectivity index (χ1v) is 17.0. The molecule has 2 aromatic carbocycles. The van der Waals surface area contributed by atoms with Crippen LogP contribution in [0.3, 0.4) is 0 Å². The molecule has 0 bridgehead atoms. The molecule has 1 N–H and O–H groups in total. The number of carbonyl (C=O) groups excluding carboxylic acids is 1. The van der Waals surface area contributed by atoms with E-state index in [1.807, 2.05) is 90.0 Å². The van der Waals surface area contributed by atoms with Gasteiger partial charge in [0.15, 0.2) is 11.9 Å². The van der Waals surface area contributed by atoms with Gasteiger partial charge in [-0.25, -0.2) is 9.20 Å². The summed E-state index contributed by atoms with van der Waals surface area (Å²) in [6, 6.07) is 17.7. The normalized spacial score (nSPS) is 15.9. The number of hydrogen-bond donors (Lipinski definition) is 1. The number of nitrogens with one attached hydrogen (secondary N) is 1. The number of amides is 1. The number of fused-ring (bicyclic) bond motifs is 3. The van der Waals surface area contributed by atoms with Crippen molar-refractivity contribution in [3.05, 3.63) is 72.6 Å². The van der Waals surface area contributed by atoms with Gasteiger partial charge in [-0.15, -0.1) is 5.10 Å². The summed E-state index contributed by atoms with van der Waals surface area (Å²) in [6.45, 7) is 8.21. The second-order valence-corrected chi connectivity index (χ2v) is 14.7. The Labute approximate surface area is 245 Å². The third kappa shape index (κ3) is 5.59. The second-order valence-electron chi connectivity index (χ2n) is 11.5. The van der Waals surface area contributed by atoms with Crippen molar-refractivity contribution >= 4 is 40.6 Å². The standard InChI is InChI=1S/C32H36N5O4P/c1-21(2)32(38)34-27-16-23(13-14-28(27)42(3,4)39)25-17-24(41-20-22-10-6-5-7-11-22)19-36-30(25)26-18-33-37(31(26)35-36)29-12-8-9-15-40-29/h5-7,10-11,13-14,16-19,21,29H,8-9,12,15,20H2,1-4H3,(H,34,38). The quantitative estimate of drug-likeness (QED) is 0.210. The molecule has 10 heteroatoms. The van der Waals surface area contributed by atoms with E-state index in [0.717, 1.165) is 52.5 Å². The van der Waals surface area contributed by atoms with E-state index < -0.39 is 7.14 Å². The van der Waals surface area contributed by atoms with Crippen molar-refractivity contribution in [3.63, 3.8) is 0 Å². The maximum atomic E-state index is 13.2. The fourth-order valence-corrected chi connectivity index (χ4v) is 6.48. The van der Waals surface area contributed by atoms with Gasteiger partial charge < -0.3 is 19.4 Å². The SMILES string of the molecule is CC(C)C(=O)Nc1cc(-c2cc(OCc3ccccc3)cn3nc4c(cnn4C4CCCCO4)c23)ccc1P(C)(C)=O. The van der Waals surface area contributed by atoms with Crippen molar-refractivity contribution in [2.24, 2.45) is 5.92 Å². The summed E-state index contributed by atoms with van der Waals surface area (Å²) in [5, 5.41) is 14.2. The first kappa shape index (κ1) is 28.2. The first-order valence-electron chi connectivity index (χ1n) is 14.4. The highest BCUT2D eigenvalue weighted by atomic mass is 31.2. The molecular formula is C32H36N5O4P. The molecule has 218 valence electrons. The molecule has 0 radical (unpaired) electrons. The van der Waals surface area contributed by atoms with Crippen LogP contribution in [0, 0.1) is 5.92 Å². The van der Waals surface area contributed by atoms with Crippen molar-refractivity contribution in [2.75, 3.05) is 25.3 Å². The van der Waals surface area contributed by atoms with E-state index in [0.29, 0.717) is 30.0 Å². The van der Waals surface area contributed by atoms with Crippen molar-refractivity contribution in [2.45, 2.75) is 45.9 Å². The van der Waals surface area contributed by atoms with E-state index >= 15 is 0 Å². The Balaban J connectivity index is 1.51. The van der Waals surface area contributed by atoms with Crippen LogP contribution in [0.2, 0.25) is 0 Å². The Bertz CT molecular complexity index is 1800. The number of nitrogens with zero attached hydrogens (tertiary/aromatic N) is 4. The molecule has 1 aliphatic rings. The van der Waals surface area contributed by atoms with Gasteiger partial charge in [0, 0.05) is 23.4 Å². The van der Waals surface area contributed by atoms with Crippen LogP contribution in [-0.2, 0) is 20.7 Å². The minimum Gasteiger partial charge on any atom is -0.487 e. The molecule has 1 unspecified atom stereocenters. The molecule has 0 spiro atoms. The van der Waals surface area contributed by atoms with Crippen molar-refractivity contribution in [3.8, 4) is 16.9 Å². The first-order chi connectivity index (χ1) is 20.2. The van der Waals surface area contributed by atoms with Gasteiger partial charge in [0.2, 0.25) is 5.91 Å². The summed E-state index contributed by atoms with van der Waals surface area (Å²) >= 11 is 0. The predicted molar refractivity (Wildman–Crippen MR) is 166 cm³/mol. The molecular weight excluding hydrogens is 549 g/mol. The zero-order chi connectivity index (χ0) is 29.4. The highest BCUT2D eigenvalue weighted by Crippen LogP contribution is 2.41. The van der Waals surface area contributed by atoms with Crippen LogP contribution in [-0.4, -0.2) is 45.2 Å². The van der Waals surface area contributed by atoms with Gasteiger partial charge in [-0.1, -0.05) is 50.2 Å². The fraction of sp³-hybridized carbons (Fsp3) is 0.344. The average molecular weight is 586 g/mol. The molecule has 1 fully saturated rings. The van der Waals surface area contributed by atoms with E-state index in [9.17, 15) is 9.36 Å². The summed E-state index contributed by atoms with van der Waals surface area (Å²) in [4.78, 5) is 12.8. The molecule has 0 aliphatic carbocycles. The van der Waals surface area contributed by atoms with Crippen LogP contribution in [0.4, 0.5) is 5.69 Å². The Morgan fingerprint density at radius 2 is 1.95 bits per heavy atom. The summed E-state index contributed by atoms with van der Waals surface area (Å²) in [7, 11) is -2.68. The molecule has 1 saturated heterocycles. The van der Waals surface area contributed by atoms with Crippen LogP contribution < -0.4 is 15.4 Å². The number of pyridine rings is 1. The molecule has 5 aromatic rings. The third-order valence-corrected chi connectivity index (χ3v) is 9.14. The lowest BCUT2D eigenvalue weighted by molar-refractivity contribution is -0.118. The number of benzene rings is 2. The fourth-order valence-electron chi connectivity index (χ4n) is 5.35. The van der Waals surface area contributed by atoms with Crippen LogP contribution in [0.5, 0.6) is 5.75 Å². The largest absolute Gasteiger partial charge is 0.487 e. The van der Waals surface area contributed by atoms with E-state index in [4.69, 9.17) is 14.6 Å². The average Bonchev–Trinajstić information content (AvgIpc) is 3.55. The molecule has 1 amide bonds. The van der Waals surface area contributed by atoms with Crippen LogP contribution in [0.1, 0.15) is 44.9 Å². The van der Waals surface area contributed by atoms with Gasteiger partial charge in [-0.3, -0.25) is 4.79 Å². The zero-order valence-corrected chi connectivity index (χ0v) is 25.3. The Hall–Kier alpha value is -3.94. The van der Waals surface area contributed by atoms with Crippen LogP contribution in [0.15, 0.2) is 67.0 Å². The maximum absolute atomic E-state index is 13.2. The topological polar surface area (TPSA) is 99.8 Å². The second kappa shape index (κ2) is 11.4. The molecule has 0 saturated carbocycles. The van der Waals surface area contributed by atoms with E-state index in [1.165, 1.54) is 0 Å². The zero-order valence-electron chi connectivity index (χ0n) is 24.4. The van der Waals surface area contributed by atoms with Gasteiger partial charge in [-0.2, -0.15) is 5.10 Å². The number of ether oxygens (including phenoxy) is 2. The molecule has 4 heterocycles. The van der Waals surface area contributed by atoms with Gasteiger partial charge in [0.05, 0.1) is 29.0 Å². The Morgan fingerprint density at radius 3 is 2.67 bits per heavy atom. The van der Waals surface area contributed by atoms with E-state index in [1.54, 1.807) is 13.3 Å².